The van der Waals surface area contributed by atoms with Crippen molar-refractivity contribution in [1.29, 1.82) is 0 Å². The first kappa shape index (κ1) is 20.2. The van der Waals surface area contributed by atoms with Gasteiger partial charge in [0.2, 0.25) is 5.91 Å². The van der Waals surface area contributed by atoms with Crippen molar-refractivity contribution in [2.45, 2.75) is 38.0 Å². The van der Waals surface area contributed by atoms with Crippen LogP contribution in [0.3, 0.4) is 0 Å². The average Bonchev–Trinajstić information content (AvgIpc) is 3.43. The van der Waals surface area contributed by atoms with Gasteiger partial charge in [-0.3, -0.25) is 4.79 Å². The number of pyridine rings is 1. The first-order valence-electron chi connectivity index (χ1n) is 10.5. The Morgan fingerprint density at radius 1 is 1.06 bits per heavy atom. The lowest BCUT2D eigenvalue weighted by molar-refractivity contribution is -0.121. The molecule has 156 valence electrons. The van der Waals surface area contributed by atoms with Gasteiger partial charge in [-0.15, -0.1) is 0 Å². The molecule has 6 heteroatoms. The van der Waals surface area contributed by atoms with E-state index in [1.807, 2.05) is 61.5 Å². The standard InChI is InChI=1S/C25H22ClN3OS/c1-16-19(22-28-21-8-5-15-27-23(21)31-22)6-4-7-20(16)29-24(30)25(13-2-3-14-25)17-9-11-18(26)12-10-17/h4-12,15H,2-3,13-14H2,1H3,(H,29,30). The Morgan fingerprint density at radius 3 is 2.58 bits per heavy atom. The molecule has 0 atom stereocenters. The molecule has 2 aromatic heterocycles. The molecule has 1 N–H and O–H groups in total. The number of amides is 1. The first-order valence-corrected chi connectivity index (χ1v) is 11.7. The highest BCUT2D eigenvalue weighted by molar-refractivity contribution is 7.21. The zero-order valence-electron chi connectivity index (χ0n) is 17.2. The smallest absolute Gasteiger partial charge is 0.235 e. The van der Waals surface area contributed by atoms with Crippen molar-refractivity contribution >= 4 is 44.9 Å². The molecule has 5 rings (SSSR count). The van der Waals surface area contributed by atoms with Crippen LogP contribution in [0.2, 0.25) is 5.02 Å². The Balaban J connectivity index is 1.49. The van der Waals surface area contributed by atoms with Gasteiger partial charge in [0.15, 0.2) is 0 Å². The number of carbonyl (C=O) groups excluding carboxylic acids is 1. The number of thiazole rings is 1. The molecule has 0 saturated heterocycles. The van der Waals surface area contributed by atoms with E-state index in [4.69, 9.17) is 16.6 Å². The van der Waals surface area contributed by atoms with Crippen molar-refractivity contribution in [2.24, 2.45) is 0 Å². The molecule has 1 aliphatic rings. The summed E-state index contributed by atoms with van der Waals surface area (Å²) in [6.45, 7) is 2.04. The molecule has 4 aromatic rings. The molecule has 4 nitrogen and oxygen atoms in total. The molecule has 0 bridgehead atoms. The van der Waals surface area contributed by atoms with Crippen LogP contribution in [-0.4, -0.2) is 15.9 Å². The van der Waals surface area contributed by atoms with Crippen molar-refractivity contribution in [1.82, 2.24) is 9.97 Å². The molecule has 0 aliphatic heterocycles. The number of carbonyl (C=O) groups is 1. The van der Waals surface area contributed by atoms with Crippen molar-refractivity contribution in [3.63, 3.8) is 0 Å². The largest absolute Gasteiger partial charge is 0.325 e. The SMILES string of the molecule is Cc1c(NC(=O)C2(c3ccc(Cl)cc3)CCCC2)cccc1-c1nc2cccnc2s1. The number of rotatable bonds is 4. The summed E-state index contributed by atoms with van der Waals surface area (Å²) in [5.74, 6) is 0.0542. The molecule has 1 saturated carbocycles. The highest BCUT2D eigenvalue weighted by Gasteiger charge is 2.42. The predicted molar refractivity (Wildman–Crippen MR) is 128 cm³/mol. The van der Waals surface area contributed by atoms with Crippen molar-refractivity contribution < 1.29 is 4.79 Å². The van der Waals surface area contributed by atoms with Gasteiger partial charge in [0.25, 0.3) is 0 Å². The number of hydrogen-bond acceptors (Lipinski definition) is 4. The Bertz CT molecular complexity index is 1230. The van der Waals surface area contributed by atoms with E-state index >= 15 is 0 Å². The predicted octanol–water partition coefficient (Wildman–Crippen LogP) is 6.77. The molecule has 0 radical (unpaired) electrons. The normalized spacial score (nSPS) is 15.3. The van der Waals surface area contributed by atoms with Gasteiger partial charge in [0.1, 0.15) is 15.4 Å². The maximum Gasteiger partial charge on any atom is 0.235 e. The van der Waals surface area contributed by atoms with E-state index < -0.39 is 5.41 Å². The van der Waals surface area contributed by atoms with Crippen LogP contribution in [0, 0.1) is 6.92 Å². The molecular formula is C25H22ClN3OS. The number of aromatic nitrogens is 2. The quantitative estimate of drug-likeness (QED) is 0.375. The van der Waals surface area contributed by atoms with Gasteiger partial charge in [0.05, 0.1) is 5.41 Å². The summed E-state index contributed by atoms with van der Waals surface area (Å²) in [5.41, 5.74) is 4.29. The molecule has 2 heterocycles. The summed E-state index contributed by atoms with van der Waals surface area (Å²) in [6, 6.07) is 17.6. The second kappa shape index (κ2) is 8.06. The maximum atomic E-state index is 13.6. The Hall–Kier alpha value is -2.76. The van der Waals surface area contributed by atoms with Gasteiger partial charge >= 0.3 is 0 Å². The highest BCUT2D eigenvalue weighted by Crippen LogP contribution is 2.43. The summed E-state index contributed by atoms with van der Waals surface area (Å²) in [7, 11) is 0. The Kier molecular flexibility index (Phi) is 5.24. The van der Waals surface area contributed by atoms with E-state index in [1.165, 1.54) is 0 Å². The third kappa shape index (κ3) is 3.62. The number of fused-ring (bicyclic) bond motifs is 1. The van der Waals surface area contributed by atoms with E-state index in [2.05, 4.69) is 10.3 Å². The zero-order valence-corrected chi connectivity index (χ0v) is 18.8. The van der Waals surface area contributed by atoms with Crippen molar-refractivity contribution in [3.05, 3.63) is 76.9 Å². The van der Waals surface area contributed by atoms with Gasteiger partial charge in [-0.1, -0.05) is 60.0 Å². The summed E-state index contributed by atoms with van der Waals surface area (Å²) in [6.07, 6.45) is 5.58. The van der Waals surface area contributed by atoms with Crippen LogP contribution in [-0.2, 0) is 10.2 Å². The molecule has 0 unspecified atom stereocenters. The minimum atomic E-state index is -0.507. The highest BCUT2D eigenvalue weighted by atomic mass is 35.5. The van der Waals surface area contributed by atoms with Crippen LogP contribution in [0.15, 0.2) is 60.8 Å². The lowest BCUT2D eigenvalue weighted by Gasteiger charge is -2.29. The van der Waals surface area contributed by atoms with Crippen LogP contribution in [0.1, 0.15) is 36.8 Å². The third-order valence-electron chi connectivity index (χ3n) is 6.27. The van der Waals surface area contributed by atoms with Gasteiger partial charge < -0.3 is 5.32 Å². The molecule has 0 spiro atoms. The fourth-order valence-electron chi connectivity index (χ4n) is 4.52. The second-order valence-electron chi connectivity index (χ2n) is 8.08. The van der Waals surface area contributed by atoms with Crippen molar-refractivity contribution in [2.75, 3.05) is 5.32 Å². The molecule has 1 amide bonds. The summed E-state index contributed by atoms with van der Waals surface area (Å²) in [4.78, 5) is 23.7. The van der Waals surface area contributed by atoms with Crippen LogP contribution < -0.4 is 5.32 Å². The molecule has 1 aliphatic carbocycles. The first-order chi connectivity index (χ1) is 15.1. The Labute approximate surface area is 190 Å². The van der Waals surface area contributed by atoms with Crippen LogP contribution in [0.25, 0.3) is 20.9 Å². The fourth-order valence-corrected chi connectivity index (χ4v) is 5.64. The minimum Gasteiger partial charge on any atom is -0.325 e. The number of hydrogen-bond donors (Lipinski definition) is 1. The number of nitrogens with one attached hydrogen (secondary N) is 1. The van der Waals surface area contributed by atoms with E-state index in [9.17, 15) is 4.79 Å². The Morgan fingerprint density at radius 2 is 1.84 bits per heavy atom. The van der Waals surface area contributed by atoms with Gasteiger partial charge in [-0.2, -0.15) is 0 Å². The lowest BCUT2D eigenvalue weighted by Crippen LogP contribution is -2.38. The van der Waals surface area contributed by atoms with E-state index in [1.54, 1.807) is 17.5 Å². The summed E-state index contributed by atoms with van der Waals surface area (Å²) < 4.78 is 0. The monoisotopic (exact) mass is 447 g/mol. The maximum absolute atomic E-state index is 13.6. The average molecular weight is 448 g/mol. The third-order valence-corrected chi connectivity index (χ3v) is 7.53. The molecule has 1 fully saturated rings. The molecular weight excluding hydrogens is 426 g/mol. The van der Waals surface area contributed by atoms with E-state index in [0.29, 0.717) is 5.02 Å². The van der Waals surface area contributed by atoms with E-state index in [-0.39, 0.29) is 5.91 Å². The fraction of sp³-hybridized carbons (Fsp3) is 0.240. The number of benzene rings is 2. The van der Waals surface area contributed by atoms with Crippen LogP contribution >= 0.6 is 22.9 Å². The van der Waals surface area contributed by atoms with E-state index in [0.717, 1.165) is 63.4 Å². The van der Waals surface area contributed by atoms with Crippen LogP contribution in [0.5, 0.6) is 0 Å². The number of anilines is 1. The molecule has 31 heavy (non-hydrogen) atoms. The summed E-state index contributed by atoms with van der Waals surface area (Å²) in [5, 5.41) is 4.84. The van der Waals surface area contributed by atoms with Gasteiger partial charge in [-0.05, 0) is 61.2 Å². The molecule has 2 aromatic carbocycles. The number of halogens is 1. The van der Waals surface area contributed by atoms with Gasteiger partial charge in [-0.25, -0.2) is 9.97 Å². The topological polar surface area (TPSA) is 54.9 Å². The summed E-state index contributed by atoms with van der Waals surface area (Å²) >= 11 is 7.66. The van der Waals surface area contributed by atoms with Crippen LogP contribution in [0.4, 0.5) is 5.69 Å². The van der Waals surface area contributed by atoms with Gasteiger partial charge in [0, 0.05) is 22.5 Å². The lowest BCUT2D eigenvalue weighted by atomic mass is 9.78. The zero-order chi connectivity index (χ0) is 21.4. The second-order valence-corrected chi connectivity index (χ2v) is 9.49. The number of nitrogens with zero attached hydrogens (tertiary/aromatic N) is 2. The minimum absolute atomic E-state index is 0.0542. The van der Waals surface area contributed by atoms with Crippen molar-refractivity contribution in [3.8, 4) is 10.6 Å².